The highest BCUT2D eigenvalue weighted by atomic mass is 35.5. The van der Waals surface area contributed by atoms with Crippen LogP contribution in [0.4, 0.5) is 4.39 Å². The van der Waals surface area contributed by atoms with E-state index in [4.69, 9.17) is 5.73 Å². The molecule has 0 saturated heterocycles. The van der Waals surface area contributed by atoms with Crippen molar-refractivity contribution in [2.24, 2.45) is 5.73 Å². The summed E-state index contributed by atoms with van der Waals surface area (Å²) in [6.45, 7) is 1.75. The van der Waals surface area contributed by atoms with E-state index in [1.807, 2.05) is 6.07 Å². The topological polar surface area (TPSA) is 113 Å². The Bertz CT molecular complexity index is 1230. The molecule has 160 valence electrons. The maximum absolute atomic E-state index is 12.7. The van der Waals surface area contributed by atoms with Crippen LogP contribution in [0.5, 0.6) is 0 Å². The molecule has 0 bridgehead atoms. The Labute approximate surface area is 179 Å². The van der Waals surface area contributed by atoms with E-state index in [9.17, 15) is 17.6 Å². The smallest absolute Gasteiger partial charge is 0.327 e. The monoisotopic (exact) mass is 453 g/mol. The zero-order valence-corrected chi connectivity index (χ0v) is 18.0. The summed E-state index contributed by atoms with van der Waals surface area (Å²) < 4.78 is 38.3. The molecule has 3 rings (SSSR count). The minimum absolute atomic E-state index is 0. The normalized spacial score (nSPS) is 11.9. The van der Waals surface area contributed by atoms with Crippen molar-refractivity contribution >= 4 is 22.2 Å². The molecule has 0 radical (unpaired) electrons. The molecule has 0 aliphatic heterocycles. The van der Waals surface area contributed by atoms with E-state index in [0.29, 0.717) is 12.1 Å². The quantitative estimate of drug-likeness (QED) is 0.611. The molecule has 8 nitrogen and oxygen atoms in total. The molecule has 2 aromatic heterocycles. The Balaban J connectivity index is 0.00000320. The maximum atomic E-state index is 12.7. The third-order valence-corrected chi connectivity index (χ3v) is 5.53. The number of sulfone groups is 1. The maximum Gasteiger partial charge on any atom is 0.351 e. The van der Waals surface area contributed by atoms with E-state index in [-0.39, 0.29) is 36.0 Å². The van der Waals surface area contributed by atoms with Gasteiger partial charge in [-0.2, -0.15) is 5.10 Å². The number of aromatic nitrogens is 4. The number of rotatable bonds is 6. The third-order valence-electron chi connectivity index (χ3n) is 4.40. The van der Waals surface area contributed by atoms with Crippen molar-refractivity contribution in [2.75, 3.05) is 12.8 Å². The Morgan fingerprint density at radius 3 is 2.43 bits per heavy atom. The van der Waals surface area contributed by atoms with Gasteiger partial charge in [-0.1, -0.05) is 12.1 Å². The average molecular weight is 454 g/mol. The lowest BCUT2D eigenvalue weighted by Crippen LogP contribution is -2.26. The molecular formula is C19H21ClFN5O3S. The van der Waals surface area contributed by atoms with Gasteiger partial charge in [0.1, 0.15) is 12.1 Å². The lowest BCUT2D eigenvalue weighted by Gasteiger charge is -2.08. The predicted molar refractivity (Wildman–Crippen MR) is 114 cm³/mol. The van der Waals surface area contributed by atoms with Crippen LogP contribution in [0.1, 0.15) is 5.56 Å². The first-order valence-corrected chi connectivity index (χ1v) is 10.5. The van der Waals surface area contributed by atoms with Gasteiger partial charge in [-0.3, -0.25) is 0 Å². The first kappa shape index (κ1) is 23.5. The Hall–Kier alpha value is -2.82. The third kappa shape index (κ3) is 4.84. The summed E-state index contributed by atoms with van der Waals surface area (Å²) in [7, 11) is -3.27. The van der Waals surface area contributed by atoms with E-state index in [0.717, 1.165) is 27.6 Å². The van der Waals surface area contributed by atoms with E-state index in [1.165, 1.54) is 23.0 Å². The van der Waals surface area contributed by atoms with Crippen molar-refractivity contribution in [1.82, 2.24) is 19.3 Å². The molecule has 0 saturated carbocycles. The summed E-state index contributed by atoms with van der Waals surface area (Å²) in [6, 6.07) is 8.32. The SMILES string of the molecule is Cc1cc(-c2ccc(S(C)(=O)=O)cc2)cnc1-n1cnn(C/C(=C/F)CN)c1=O.Cl. The summed E-state index contributed by atoms with van der Waals surface area (Å²) in [4.78, 5) is 17.2. The van der Waals surface area contributed by atoms with Gasteiger partial charge in [0, 0.05) is 24.6 Å². The van der Waals surface area contributed by atoms with Crippen molar-refractivity contribution in [3.8, 4) is 16.9 Å². The van der Waals surface area contributed by atoms with Crippen molar-refractivity contribution in [3.63, 3.8) is 0 Å². The van der Waals surface area contributed by atoms with Crippen LogP contribution >= 0.6 is 12.4 Å². The first-order chi connectivity index (χ1) is 13.7. The fourth-order valence-corrected chi connectivity index (χ4v) is 3.43. The van der Waals surface area contributed by atoms with Gasteiger partial charge in [0.2, 0.25) is 0 Å². The number of halogens is 2. The number of hydrogen-bond acceptors (Lipinski definition) is 6. The fourth-order valence-electron chi connectivity index (χ4n) is 2.80. The molecule has 1 aromatic carbocycles. The average Bonchev–Trinajstić information content (AvgIpc) is 3.05. The molecule has 0 aliphatic carbocycles. The molecule has 0 amide bonds. The molecule has 0 fully saturated rings. The van der Waals surface area contributed by atoms with Gasteiger partial charge < -0.3 is 5.73 Å². The second kappa shape index (κ2) is 9.33. The molecule has 2 heterocycles. The highest BCUT2D eigenvalue weighted by molar-refractivity contribution is 7.90. The van der Waals surface area contributed by atoms with Gasteiger partial charge in [-0.15, -0.1) is 12.4 Å². The van der Waals surface area contributed by atoms with Crippen molar-refractivity contribution < 1.29 is 12.8 Å². The zero-order chi connectivity index (χ0) is 21.2. The summed E-state index contributed by atoms with van der Waals surface area (Å²) >= 11 is 0. The fraction of sp³-hybridized carbons (Fsp3) is 0.211. The summed E-state index contributed by atoms with van der Waals surface area (Å²) in [5.74, 6) is 0.399. The van der Waals surface area contributed by atoms with Gasteiger partial charge in [0.05, 0.1) is 17.8 Å². The molecule has 0 unspecified atom stereocenters. The van der Waals surface area contributed by atoms with Crippen LogP contribution in [0, 0.1) is 6.92 Å². The number of aryl methyl sites for hydroxylation is 1. The van der Waals surface area contributed by atoms with Gasteiger partial charge in [0.15, 0.2) is 9.84 Å². The molecule has 0 aliphatic rings. The lowest BCUT2D eigenvalue weighted by atomic mass is 10.1. The van der Waals surface area contributed by atoms with Crippen LogP contribution in [0.15, 0.2) is 64.4 Å². The van der Waals surface area contributed by atoms with Crippen LogP contribution in [-0.4, -0.2) is 40.5 Å². The number of benzene rings is 1. The molecule has 2 N–H and O–H groups in total. The standard InChI is InChI=1S/C19H20FN5O3S.ClH/c1-13-7-16(15-3-5-17(6-4-15)29(2,27)28)10-22-18(13)24-12-23-25(19(24)26)11-14(8-20)9-21;/h3-8,10,12H,9,11,21H2,1-2H3;1H/b14-8+;. The largest absolute Gasteiger partial charge is 0.351 e. The highest BCUT2D eigenvalue weighted by Gasteiger charge is 2.13. The molecular weight excluding hydrogens is 433 g/mol. The van der Waals surface area contributed by atoms with Gasteiger partial charge in [0.25, 0.3) is 0 Å². The minimum atomic E-state index is -3.27. The Kier molecular flexibility index (Phi) is 7.30. The van der Waals surface area contributed by atoms with Crippen LogP contribution in [0.3, 0.4) is 0 Å². The van der Waals surface area contributed by atoms with Crippen molar-refractivity contribution in [1.29, 1.82) is 0 Å². The molecule has 0 spiro atoms. The van der Waals surface area contributed by atoms with Crippen LogP contribution in [0.25, 0.3) is 16.9 Å². The second-order valence-electron chi connectivity index (χ2n) is 6.57. The Morgan fingerprint density at radius 1 is 1.23 bits per heavy atom. The van der Waals surface area contributed by atoms with E-state index >= 15 is 0 Å². The molecule has 3 aromatic rings. The molecule has 30 heavy (non-hydrogen) atoms. The second-order valence-corrected chi connectivity index (χ2v) is 8.59. The van der Waals surface area contributed by atoms with Crippen LogP contribution in [0.2, 0.25) is 0 Å². The Morgan fingerprint density at radius 2 is 1.90 bits per heavy atom. The zero-order valence-electron chi connectivity index (χ0n) is 16.3. The van der Waals surface area contributed by atoms with E-state index in [1.54, 1.807) is 25.3 Å². The summed E-state index contributed by atoms with van der Waals surface area (Å²) in [6.07, 6.45) is 4.44. The van der Waals surface area contributed by atoms with Gasteiger partial charge >= 0.3 is 5.69 Å². The first-order valence-electron chi connectivity index (χ1n) is 8.64. The number of nitrogens with zero attached hydrogens (tertiary/aromatic N) is 4. The highest BCUT2D eigenvalue weighted by Crippen LogP contribution is 2.23. The molecule has 0 atom stereocenters. The van der Waals surface area contributed by atoms with Gasteiger partial charge in [-0.25, -0.2) is 31.8 Å². The lowest BCUT2D eigenvalue weighted by molar-refractivity contribution is 0.602. The number of pyridine rings is 1. The van der Waals surface area contributed by atoms with Crippen LogP contribution in [-0.2, 0) is 16.4 Å². The minimum Gasteiger partial charge on any atom is -0.327 e. The van der Waals surface area contributed by atoms with Crippen molar-refractivity contribution in [2.45, 2.75) is 18.4 Å². The van der Waals surface area contributed by atoms with E-state index < -0.39 is 15.5 Å². The number of nitrogens with two attached hydrogens (primary N) is 1. The van der Waals surface area contributed by atoms with E-state index in [2.05, 4.69) is 10.1 Å². The van der Waals surface area contributed by atoms with Crippen LogP contribution < -0.4 is 11.4 Å². The molecule has 11 heteroatoms. The predicted octanol–water partition coefficient (Wildman–Crippen LogP) is 2.04. The van der Waals surface area contributed by atoms with Gasteiger partial charge in [-0.05, 0) is 41.8 Å². The summed E-state index contributed by atoms with van der Waals surface area (Å²) in [5, 5.41) is 3.99. The van der Waals surface area contributed by atoms with Crippen molar-refractivity contribution in [3.05, 3.63) is 70.8 Å². The number of hydrogen-bond donors (Lipinski definition) is 1. The summed E-state index contributed by atoms with van der Waals surface area (Å²) in [5.41, 5.74) is 7.50.